The number of hydrogen-bond donors (Lipinski definition) is 0. The van der Waals surface area contributed by atoms with Crippen LogP contribution in [0.15, 0.2) is 24.8 Å². The molecule has 10 heteroatoms. The van der Waals surface area contributed by atoms with E-state index in [9.17, 15) is 10.1 Å². The Bertz CT molecular complexity index is 1050. The van der Waals surface area contributed by atoms with Gasteiger partial charge in [-0.1, -0.05) is 0 Å². The number of carbonyl (C=O) groups is 1. The van der Waals surface area contributed by atoms with Crippen LogP contribution >= 0.6 is 0 Å². The topological polar surface area (TPSA) is 104 Å². The second kappa shape index (κ2) is 7.34. The summed E-state index contributed by atoms with van der Waals surface area (Å²) in [5.41, 5.74) is -0.945. The van der Waals surface area contributed by atoms with Crippen molar-refractivity contribution in [3.63, 3.8) is 0 Å². The Kier molecular flexibility index (Phi) is 4.61. The molecule has 0 saturated carbocycles. The molecule has 9 nitrogen and oxygen atoms in total. The van der Waals surface area contributed by atoms with Gasteiger partial charge in [0, 0.05) is 50.3 Å². The molecule has 1 amide bonds. The first kappa shape index (κ1) is 19.5. The summed E-state index contributed by atoms with van der Waals surface area (Å²) in [5.74, 6) is 0.986. The number of piperidine rings is 1. The molecule has 3 aliphatic heterocycles. The number of nitrogens with zero attached hydrogens (tertiary/aromatic N) is 6. The SMILES string of the molecule is COc1cnc(N2CCC(F)(C(=O)N3C[C@@H]4C[C@H]3c3cncc(C#N)c3O4)CC2)nc1. The summed E-state index contributed by atoms with van der Waals surface area (Å²) in [6.07, 6.45) is 6.63. The van der Waals surface area contributed by atoms with Gasteiger partial charge in [-0.3, -0.25) is 9.78 Å². The van der Waals surface area contributed by atoms with E-state index in [4.69, 9.17) is 9.47 Å². The third-order valence-corrected chi connectivity index (χ3v) is 6.28. The minimum atomic E-state index is -1.96. The van der Waals surface area contributed by atoms with Crippen LogP contribution in [0.4, 0.5) is 10.3 Å². The summed E-state index contributed by atoms with van der Waals surface area (Å²) in [6, 6.07) is 1.75. The minimum Gasteiger partial charge on any atom is -0.494 e. The van der Waals surface area contributed by atoms with Gasteiger partial charge in [-0.15, -0.1) is 0 Å². The summed E-state index contributed by atoms with van der Waals surface area (Å²) >= 11 is 0. The van der Waals surface area contributed by atoms with E-state index >= 15 is 4.39 Å². The number of halogens is 1. The molecule has 0 unspecified atom stereocenters. The van der Waals surface area contributed by atoms with Crippen molar-refractivity contribution in [2.24, 2.45) is 0 Å². The molecule has 0 aromatic carbocycles. The van der Waals surface area contributed by atoms with Crippen LogP contribution in [0.1, 0.15) is 36.4 Å². The highest BCUT2D eigenvalue weighted by atomic mass is 19.1. The average molecular weight is 424 g/mol. The molecule has 2 fully saturated rings. The normalized spacial score (nSPS) is 23.5. The van der Waals surface area contributed by atoms with Crippen molar-refractivity contribution in [3.8, 4) is 17.6 Å². The van der Waals surface area contributed by atoms with Crippen LogP contribution in [0.3, 0.4) is 0 Å². The monoisotopic (exact) mass is 424 g/mol. The van der Waals surface area contributed by atoms with Crippen molar-refractivity contribution in [2.75, 3.05) is 31.6 Å². The van der Waals surface area contributed by atoms with E-state index in [1.807, 2.05) is 4.90 Å². The van der Waals surface area contributed by atoms with Crippen molar-refractivity contribution in [1.29, 1.82) is 5.26 Å². The van der Waals surface area contributed by atoms with Crippen LogP contribution in [-0.4, -0.2) is 64.3 Å². The largest absolute Gasteiger partial charge is 0.494 e. The molecule has 0 radical (unpaired) electrons. The predicted octanol–water partition coefficient (Wildman–Crippen LogP) is 1.79. The lowest BCUT2D eigenvalue weighted by Gasteiger charge is -2.38. The summed E-state index contributed by atoms with van der Waals surface area (Å²) < 4.78 is 26.8. The average Bonchev–Trinajstić information content (AvgIpc) is 3.16. The number of carbonyl (C=O) groups excluding carboxylic acids is 1. The molecule has 0 spiro atoms. The maximum absolute atomic E-state index is 15.8. The molecule has 3 aliphatic rings. The molecule has 2 saturated heterocycles. The maximum Gasteiger partial charge on any atom is 0.261 e. The lowest BCUT2D eigenvalue weighted by molar-refractivity contribution is -0.146. The smallest absolute Gasteiger partial charge is 0.261 e. The predicted molar refractivity (Wildman–Crippen MR) is 106 cm³/mol. The molecule has 31 heavy (non-hydrogen) atoms. The van der Waals surface area contributed by atoms with Crippen LogP contribution in [0, 0.1) is 11.3 Å². The van der Waals surface area contributed by atoms with Gasteiger partial charge in [0.1, 0.15) is 23.5 Å². The Balaban J connectivity index is 1.32. The van der Waals surface area contributed by atoms with E-state index in [0.29, 0.717) is 54.6 Å². The number of methoxy groups -OCH3 is 1. The Hall–Kier alpha value is -3.48. The van der Waals surface area contributed by atoms with Crippen molar-refractivity contribution in [1.82, 2.24) is 19.9 Å². The summed E-state index contributed by atoms with van der Waals surface area (Å²) in [5, 5.41) is 9.32. The van der Waals surface area contributed by atoms with Gasteiger partial charge in [0.05, 0.1) is 32.1 Å². The first-order valence-corrected chi connectivity index (χ1v) is 10.2. The molecule has 0 N–H and O–H groups in total. The maximum atomic E-state index is 15.8. The molecule has 0 aliphatic carbocycles. The lowest BCUT2D eigenvalue weighted by atomic mass is 9.91. The Morgan fingerprint density at radius 1 is 1.29 bits per heavy atom. The van der Waals surface area contributed by atoms with E-state index in [1.165, 1.54) is 13.3 Å². The van der Waals surface area contributed by atoms with Gasteiger partial charge in [0.15, 0.2) is 11.4 Å². The van der Waals surface area contributed by atoms with Gasteiger partial charge in [0.25, 0.3) is 5.91 Å². The number of aromatic nitrogens is 3. The number of likely N-dealkylation sites (tertiary alicyclic amines) is 1. The molecule has 2 bridgehead atoms. The molecule has 2 atom stereocenters. The van der Waals surface area contributed by atoms with Crippen LogP contribution in [-0.2, 0) is 4.79 Å². The number of alkyl halides is 1. The van der Waals surface area contributed by atoms with Gasteiger partial charge in [-0.05, 0) is 0 Å². The van der Waals surface area contributed by atoms with Crippen LogP contribution in [0.5, 0.6) is 11.5 Å². The summed E-state index contributed by atoms with van der Waals surface area (Å²) in [4.78, 5) is 29.3. The molecule has 160 valence electrons. The number of fused-ring (bicyclic) bond motifs is 4. The van der Waals surface area contributed by atoms with E-state index in [-0.39, 0.29) is 25.0 Å². The lowest BCUT2D eigenvalue weighted by Crippen LogP contribution is -2.52. The number of hydrogen-bond acceptors (Lipinski definition) is 8. The molecule has 2 aromatic rings. The highest BCUT2D eigenvalue weighted by molar-refractivity contribution is 5.86. The third kappa shape index (κ3) is 3.21. The number of amides is 1. The minimum absolute atomic E-state index is 0.0549. The number of anilines is 1. The molecular formula is C21H21FN6O3. The standard InChI is InChI=1S/C21H21FN6O3/c1-30-15-9-25-20(26-10-15)27-4-2-21(22,3-5-27)19(29)28-12-14-6-17(28)16-11-24-8-13(7-23)18(16)31-14/h8-11,14,17H,2-6,12H2,1H3/t14-,17-/m0/s1. The fraction of sp³-hybridized carbons (Fsp3) is 0.476. The van der Waals surface area contributed by atoms with E-state index in [2.05, 4.69) is 21.0 Å². The highest BCUT2D eigenvalue weighted by Crippen LogP contribution is 2.46. The third-order valence-electron chi connectivity index (χ3n) is 6.28. The number of rotatable bonds is 3. The van der Waals surface area contributed by atoms with Gasteiger partial charge >= 0.3 is 0 Å². The molecular weight excluding hydrogens is 403 g/mol. The highest BCUT2D eigenvalue weighted by Gasteiger charge is 2.51. The van der Waals surface area contributed by atoms with Crippen LogP contribution < -0.4 is 14.4 Å². The van der Waals surface area contributed by atoms with E-state index in [1.54, 1.807) is 23.5 Å². The van der Waals surface area contributed by atoms with Crippen molar-refractivity contribution >= 4 is 11.9 Å². The zero-order valence-corrected chi connectivity index (χ0v) is 17.0. The number of pyridine rings is 1. The Morgan fingerprint density at radius 3 is 2.71 bits per heavy atom. The second-order valence-corrected chi connectivity index (χ2v) is 8.04. The van der Waals surface area contributed by atoms with Crippen molar-refractivity contribution in [3.05, 3.63) is 35.9 Å². The van der Waals surface area contributed by atoms with Crippen molar-refractivity contribution in [2.45, 2.75) is 37.1 Å². The number of nitriles is 1. The second-order valence-electron chi connectivity index (χ2n) is 8.04. The summed E-state index contributed by atoms with van der Waals surface area (Å²) in [6.45, 7) is 0.980. The van der Waals surface area contributed by atoms with Gasteiger partial charge in [-0.2, -0.15) is 5.26 Å². The molecule has 2 aromatic heterocycles. The fourth-order valence-electron chi connectivity index (χ4n) is 4.59. The quantitative estimate of drug-likeness (QED) is 0.735. The van der Waals surface area contributed by atoms with E-state index in [0.717, 1.165) is 0 Å². The zero-order valence-electron chi connectivity index (χ0n) is 17.0. The van der Waals surface area contributed by atoms with Gasteiger partial charge in [0.2, 0.25) is 5.95 Å². The van der Waals surface area contributed by atoms with Crippen LogP contribution in [0.2, 0.25) is 0 Å². The fourth-order valence-corrected chi connectivity index (χ4v) is 4.59. The van der Waals surface area contributed by atoms with Crippen molar-refractivity contribution < 1.29 is 18.7 Å². The summed E-state index contributed by atoms with van der Waals surface area (Å²) in [7, 11) is 1.54. The van der Waals surface area contributed by atoms with E-state index < -0.39 is 11.6 Å². The Morgan fingerprint density at radius 2 is 2.03 bits per heavy atom. The first-order chi connectivity index (χ1) is 15.0. The first-order valence-electron chi connectivity index (χ1n) is 10.2. The molecule has 5 rings (SSSR count). The van der Waals surface area contributed by atoms with Gasteiger partial charge in [-0.25, -0.2) is 14.4 Å². The number of ether oxygens (including phenoxy) is 2. The van der Waals surface area contributed by atoms with Gasteiger partial charge < -0.3 is 19.3 Å². The zero-order chi connectivity index (χ0) is 21.6. The molecule has 5 heterocycles. The Labute approximate surface area is 178 Å². The van der Waals surface area contributed by atoms with Crippen LogP contribution in [0.25, 0.3) is 0 Å².